The number of likely N-dealkylation sites (tertiary alicyclic amines) is 1. The largest absolute Gasteiger partial charge is 0.468 e. The number of piperidine rings is 1. The lowest BCUT2D eigenvalue weighted by molar-refractivity contribution is -0.141. The number of esters is 1. The third-order valence-electron chi connectivity index (χ3n) is 7.19. The normalized spacial score (nSPS) is 17.6. The van der Waals surface area contributed by atoms with Crippen molar-refractivity contribution in [3.63, 3.8) is 0 Å². The molecule has 1 fully saturated rings. The summed E-state index contributed by atoms with van der Waals surface area (Å²) >= 11 is 0. The molecule has 0 spiro atoms. The summed E-state index contributed by atoms with van der Waals surface area (Å²) < 4.78 is 6.59. The van der Waals surface area contributed by atoms with Crippen molar-refractivity contribution in [3.05, 3.63) is 137 Å². The van der Waals surface area contributed by atoms with Crippen LogP contribution in [0.3, 0.4) is 0 Å². The molecule has 1 aliphatic heterocycles. The molecule has 0 amide bonds. The van der Waals surface area contributed by atoms with Crippen molar-refractivity contribution < 1.29 is 14.6 Å². The van der Waals surface area contributed by atoms with Gasteiger partial charge in [-0.2, -0.15) is 0 Å². The highest BCUT2D eigenvalue weighted by molar-refractivity contribution is 5.69. The van der Waals surface area contributed by atoms with Crippen LogP contribution in [0.5, 0.6) is 0 Å². The van der Waals surface area contributed by atoms with Crippen molar-refractivity contribution in [1.29, 1.82) is 0 Å². The van der Waals surface area contributed by atoms with Gasteiger partial charge in [-0.3, -0.25) is 9.69 Å². The number of carbonyl (C=O) groups is 1. The van der Waals surface area contributed by atoms with E-state index in [1.165, 1.54) is 23.8 Å². The lowest BCUT2D eigenvalue weighted by Crippen LogP contribution is -2.52. The molecule has 4 aromatic rings. The van der Waals surface area contributed by atoms with Crippen molar-refractivity contribution in [1.82, 2.24) is 9.47 Å². The van der Waals surface area contributed by atoms with Crippen LogP contribution in [-0.2, 0) is 21.6 Å². The highest BCUT2D eigenvalue weighted by Crippen LogP contribution is 2.44. The number of aromatic nitrogens is 1. The Bertz CT molecular complexity index is 1250. The first-order valence-electron chi connectivity index (χ1n) is 12.6. The molecule has 0 radical (unpaired) electrons. The zero-order chi connectivity index (χ0) is 25.7. The monoisotopic (exact) mass is 492 g/mol. The highest BCUT2D eigenvalue weighted by atomic mass is 16.5. The van der Waals surface area contributed by atoms with E-state index in [-0.39, 0.29) is 12.5 Å². The minimum Gasteiger partial charge on any atom is -0.468 e. The van der Waals surface area contributed by atoms with Gasteiger partial charge in [0.15, 0.2) is 0 Å². The number of aliphatic hydroxyl groups is 1. The minimum atomic E-state index is -0.528. The smallest absolute Gasteiger partial charge is 0.325 e. The Morgan fingerprint density at radius 3 is 1.97 bits per heavy atom. The lowest BCUT2D eigenvalue weighted by atomic mass is 9.74. The fraction of sp³-hybridized carbons (Fsp3) is 0.219. The Balaban J connectivity index is 1.60. The zero-order valence-corrected chi connectivity index (χ0v) is 21.0. The number of aliphatic hydroxyl groups excluding tert-OH is 1. The SMILES string of the molecule is COC(=O)Cn1ccc(/C=C2/CN(C(c3ccccc3)(c3ccccc3)c3ccccc3)CCC2O)c1. The van der Waals surface area contributed by atoms with E-state index in [9.17, 15) is 9.90 Å². The van der Waals surface area contributed by atoms with Crippen molar-refractivity contribution >= 4 is 12.0 Å². The average Bonchev–Trinajstić information content (AvgIpc) is 3.39. The number of carbonyl (C=O) groups excluding carboxylic acids is 1. The first-order chi connectivity index (χ1) is 18.1. The number of methoxy groups -OCH3 is 1. The van der Waals surface area contributed by atoms with Gasteiger partial charge in [0.1, 0.15) is 6.54 Å². The quantitative estimate of drug-likeness (QED) is 0.288. The maximum absolute atomic E-state index is 11.7. The lowest BCUT2D eigenvalue weighted by Gasteiger charge is -2.48. The Morgan fingerprint density at radius 2 is 1.46 bits per heavy atom. The first kappa shape index (κ1) is 24.8. The van der Waals surface area contributed by atoms with Crippen molar-refractivity contribution in [2.45, 2.75) is 24.6 Å². The molecule has 1 atom stereocenters. The highest BCUT2D eigenvalue weighted by Gasteiger charge is 2.44. The van der Waals surface area contributed by atoms with Crippen LogP contribution >= 0.6 is 0 Å². The molecule has 0 saturated carbocycles. The van der Waals surface area contributed by atoms with Gasteiger partial charge in [0.25, 0.3) is 0 Å². The van der Waals surface area contributed by atoms with Gasteiger partial charge in [-0.05, 0) is 40.3 Å². The van der Waals surface area contributed by atoms with E-state index >= 15 is 0 Å². The summed E-state index contributed by atoms with van der Waals surface area (Å²) in [6, 6.07) is 33.8. The van der Waals surface area contributed by atoms with Gasteiger partial charge in [0.2, 0.25) is 0 Å². The summed E-state index contributed by atoms with van der Waals surface area (Å²) in [6.45, 7) is 1.50. The summed E-state index contributed by atoms with van der Waals surface area (Å²) in [6.07, 6.45) is 5.92. The van der Waals surface area contributed by atoms with E-state index in [0.717, 1.165) is 17.7 Å². The number of rotatable bonds is 7. The summed E-state index contributed by atoms with van der Waals surface area (Å²) in [5.74, 6) is -0.294. The van der Waals surface area contributed by atoms with Crippen LogP contribution in [0.4, 0.5) is 0 Å². The van der Waals surface area contributed by atoms with Crippen LogP contribution in [-0.4, -0.2) is 46.8 Å². The summed E-state index contributed by atoms with van der Waals surface area (Å²) in [5, 5.41) is 11.0. The average molecular weight is 493 g/mol. The first-order valence-corrected chi connectivity index (χ1v) is 12.6. The molecule has 5 nitrogen and oxygen atoms in total. The maximum atomic E-state index is 11.7. The molecule has 0 bridgehead atoms. The Morgan fingerprint density at radius 1 is 0.919 bits per heavy atom. The molecule has 1 unspecified atom stereocenters. The van der Waals surface area contributed by atoms with Crippen molar-refractivity contribution in [2.24, 2.45) is 0 Å². The van der Waals surface area contributed by atoms with Crippen LogP contribution in [0.1, 0.15) is 28.7 Å². The van der Waals surface area contributed by atoms with Gasteiger partial charge in [-0.25, -0.2) is 0 Å². The van der Waals surface area contributed by atoms with E-state index < -0.39 is 11.6 Å². The number of hydrogen-bond donors (Lipinski definition) is 1. The fourth-order valence-corrected chi connectivity index (χ4v) is 5.45. The van der Waals surface area contributed by atoms with Crippen LogP contribution in [0.15, 0.2) is 115 Å². The molecule has 188 valence electrons. The van der Waals surface area contributed by atoms with E-state index in [4.69, 9.17) is 4.74 Å². The Labute approximate surface area is 218 Å². The number of ether oxygens (including phenoxy) is 1. The van der Waals surface area contributed by atoms with Gasteiger partial charge in [-0.1, -0.05) is 97.1 Å². The van der Waals surface area contributed by atoms with Gasteiger partial charge in [-0.15, -0.1) is 0 Å². The molecule has 1 aliphatic rings. The topological polar surface area (TPSA) is 54.7 Å². The van der Waals surface area contributed by atoms with Gasteiger partial charge >= 0.3 is 5.97 Å². The molecule has 1 saturated heterocycles. The minimum absolute atomic E-state index is 0.160. The second-order valence-electron chi connectivity index (χ2n) is 9.45. The van der Waals surface area contributed by atoms with Gasteiger partial charge in [0.05, 0.1) is 18.8 Å². The van der Waals surface area contributed by atoms with Crippen LogP contribution in [0.25, 0.3) is 6.08 Å². The van der Waals surface area contributed by atoms with Crippen molar-refractivity contribution in [2.75, 3.05) is 20.2 Å². The number of hydrogen-bond acceptors (Lipinski definition) is 4. The number of nitrogens with zero attached hydrogens (tertiary/aromatic N) is 2. The summed E-state index contributed by atoms with van der Waals surface area (Å²) in [4.78, 5) is 14.2. The molecular weight excluding hydrogens is 460 g/mol. The molecule has 37 heavy (non-hydrogen) atoms. The molecular formula is C32H32N2O3. The van der Waals surface area contributed by atoms with E-state index in [1.807, 2.05) is 18.5 Å². The van der Waals surface area contributed by atoms with Crippen LogP contribution in [0, 0.1) is 0 Å². The molecule has 0 aliphatic carbocycles. The third-order valence-corrected chi connectivity index (χ3v) is 7.19. The van der Waals surface area contributed by atoms with Crippen LogP contribution < -0.4 is 0 Å². The molecule has 1 N–H and O–H groups in total. The molecule has 5 heteroatoms. The Kier molecular flexibility index (Phi) is 7.35. The predicted molar refractivity (Wildman–Crippen MR) is 146 cm³/mol. The third kappa shape index (κ3) is 5.01. The van der Waals surface area contributed by atoms with E-state index in [0.29, 0.717) is 13.0 Å². The summed E-state index contributed by atoms with van der Waals surface area (Å²) in [5.41, 5.74) is 4.94. The maximum Gasteiger partial charge on any atom is 0.325 e. The second-order valence-corrected chi connectivity index (χ2v) is 9.45. The zero-order valence-electron chi connectivity index (χ0n) is 21.0. The van der Waals surface area contributed by atoms with E-state index in [2.05, 4.69) is 102 Å². The molecule has 2 heterocycles. The van der Waals surface area contributed by atoms with Gasteiger partial charge in [0, 0.05) is 25.5 Å². The predicted octanol–water partition coefficient (Wildman–Crippen LogP) is 5.10. The van der Waals surface area contributed by atoms with Crippen LogP contribution in [0.2, 0.25) is 0 Å². The Hall–Kier alpha value is -3.93. The summed E-state index contributed by atoms with van der Waals surface area (Å²) in [7, 11) is 1.39. The second kappa shape index (κ2) is 11.0. The van der Waals surface area contributed by atoms with Crippen molar-refractivity contribution in [3.8, 4) is 0 Å². The molecule has 1 aromatic heterocycles. The fourth-order valence-electron chi connectivity index (χ4n) is 5.45. The molecule has 3 aromatic carbocycles. The number of benzene rings is 3. The standard InChI is InChI=1S/C32H32N2O3/c1-37-31(36)24-33-19-17-25(22-33)21-26-23-34(20-18-30(26)35)32(27-11-5-2-6-12-27,28-13-7-3-8-14-28)29-15-9-4-10-16-29/h2-17,19,21-22,30,35H,18,20,23-24H2,1H3/b26-21-. The van der Waals surface area contributed by atoms with Gasteiger partial charge < -0.3 is 14.4 Å². The van der Waals surface area contributed by atoms with E-state index in [1.54, 1.807) is 4.57 Å². The molecule has 5 rings (SSSR count).